The van der Waals surface area contributed by atoms with Crippen molar-refractivity contribution < 1.29 is 0 Å². The Balaban J connectivity index is 1.81. The molecule has 1 heterocycles. The number of pyridine rings is 1. The van der Waals surface area contributed by atoms with Gasteiger partial charge in [0.05, 0.1) is 11.7 Å². The summed E-state index contributed by atoms with van der Waals surface area (Å²) in [6, 6.07) is 6.64. The molecule has 1 aliphatic rings. The number of nitrogens with one attached hydrogen (secondary N) is 2. The molecule has 0 spiro atoms. The Morgan fingerprint density at radius 3 is 2.82 bits per heavy atom. The zero-order valence-corrected chi connectivity index (χ0v) is 11.0. The lowest BCUT2D eigenvalue weighted by atomic mass is 10.2. The Labute approximate surface area is 108 Å². The Kier molecular flexibility index (Phi) is 4.31. The number of hydrogen-bond donors (Lipinski definition) is 2. The molecule has 1 unspecified atom stereocenters. The first-order valence-electron chi connectivity index (χ1n) is 6.23. The van der Waals surface area contributed by atoms with Gasteiger partial charge in [-0.15, -0.1) is 0 Å². The molecule has 0 amide bonds. The van der Waals surface area contributed by atoms with Gasteiger partial charge in [0.25, 0.3) is 0 Å². The lowest BCUT2D eigenvalue weighted by molar-refractivity contribution is 0.601. The van der Waals surface area contributed by atoms with Crippen LogP contribution in [0.4, 0.5) is 0 Å². The molecule has 17 heavy (non-hydrogen) atoms. The quantitative estimate of drug-likeness (QED) is 0.807. The first kappa shape index (κ1) is 12.3. The van der Waals surface area contributed by atoms with E-state index in [4.69, 9.17) is 12.2 Å². The van der Waals surface area contributed by atoms with Crippen LogP contribution in [0.25, 0.3) is 0 Å². The molecule has 2 N–H and O–H groups in total. The summed E-state index contributed by atoms with van der Waals surface area (Å²) in [6.45, 7) is 2.07. The Morgan fingerprint density at radius 1 is 1.41 bits per heavy atom. The first-order chi connectivity index (χ1) is 8.25. The number of thiocarbonyl (C=S) groups is 1. The standard InChI is InChI=1S/C13H19N3S/c1-10(12-8-4-5-9-14-12)15-13(17)16-11-6-2-3-7-11/h4-5,8-11H,2-3,6-7H2,1H3,(H2,15,16,17). The zero-order valence-electron chi connectivity index (χ0n) is 10.1. The molecule has 0 aromatic carbocycles. The molecule has 0 bridgehead atoms. The van der Waals surface area contributed by atoms with Crippen LogP contribution in [0.15, 0.2) is 24.4 Å². The summed E-state index contributed by atoms with van der Waals surface area (Å²) in [5, 5.41) is 7.40. The average Bonchev–Trinajstić information content (AvgIpc) is 2.82. The van der Waals surface area contributed by atoms with Crippen LogP contribution in [0.1, 0.15) is 44.3 Å². The molecule has 1 aliphatic carbocycles. The summed E-state index contributed by atoms with van der Waals surface area (Å²) >= 11 is 5.32. The van der Waals surface area contributed by atoms with Gasteiger partial charge in [-0.1, -0.05) is 18.9 Å². The summed E-state index contributed by atoms with van der Waals surface area (Å²) < 4.78 is 0. The van der Waals surface area contributed by atoms with E-state index in [0.29, 0.717) is 6.04 Å². The van der Waals surface area contributed by atoms with Gasteiger partial charge in [0.2, 0.25) is 0 Å². The van der Waals surface area contributed by atoms with E-state index in [-0.39, 0.29) is 6.04 Å². The molecule has 1 aromatic rings. The third-order valence-electron chi connectivity index (χ3n) is 3.17. The molecule has 0 radical (unpaired) electrons. The third-order valence-corrected chi connectivity index (χ3v) is 3.41. The van der Waals surface area contributed by atoms with E-state index in [1.807, 2.05) is 18.2 Å². The van der Waals surface area contributed by atoms with E-state index in [1.165, 1.54) is 25.7 Å². The van der Waals surface area contributed by atoms with Crippen LogP contribution < -0.4 is 10.6 Å². The van der Waals surface area contributed by atoms with Crippen LogP contribution >= 0.6 is 12.2 Å². The van der Waals surface area contributed by atoms with Gasteiger partial charge in [-0.25, -0.2) is 0 Å². The summed E-state index contributed by atoms with van der Waals surface area (Å²) in [7, 11) is 0. The average molecular weight is 249 g/mol. The topological polar surface area (TPSA) is 37.0 Å². The van der Waals surface area contributed by atoms with E-state index in [1.54, 1.807) is 6.20 Å². The Bertz CT molecular complexity index is 360. The predicted molar refractivity (Wildman–Crippen MR) is 73.8 cm³/mol. The van der Waals surface area contributed by atoms with Crippen LogP contribution in [0.3, 0.4) is 0 Å². The number of aromatic nitrogens is 1. The maximum atomic E-state index is 5.32. The zero-order chi connectivity index (χ0) is 12.1. The second kappa shape index (κ2) is 5.96. The highest BCUT2D eigenvalue weighted by atomic mass is 32.1. The minimum atomic E-state index is 0.151. The largest absolute Gasteiger partial charge is 0.360 e. The highest BCUT2D eigenvalue weighted by Crippen LogP contribution is 2.17. The van der Waals surface area contributed by atoms with Crippen LogP contribution in [-0.4, -0.2) is 16.1 Å². The summed E-state index contributed by atoms with van der Waals surface area (Å²) in [5.74, 6) is 0. The smallest absolute Gasteiger partial charge is 0.167 e. The second-order valence-corrected chi connectivity index (χ2v) is 4.98. The Morgan fingerprint density at radius 2 is 2.18 bits per heavy atom. The molecule has 1 saturated carbocycles. The molecular weight excluding hydrogens is 230 g/mol. The van der Waals surface area contributed by atoms with E-state index in [2.05, 4.69) is 22.5 Å². The number of nitrogens with zero attached hydrogens (tertiary/aromatic N) is 1. The molecule has 1 fully saturated rings. The van der Waals surface area contributed by atoms with E-state index in [9.17, 15) is 0 Å². The van der Waals surface area contributed by atoms with Crippen LogP contribution in [-0.2, 0) is 0 Å². The van der Waals surface area contributed by atoms with Crippen molar-refractivity contribution in [3.8, 4) is 0 Å². The van der Waals surface area contributed by atoms with Crippen molar-refractivity contribution in [1.82, 2.24) is 15.6 Å². The van der Waals surface area contributed by atoms with E-state index in [0.717, 1.165) is 10.8 Å². The van der Waals surface area contributed by atoms with Gasteiger partial charge in [-0.3, -0.25) is 4.98 Å². The second-order valence-electron chi connectivity index (χ2n) is 4.58. The fourth-order valence-corrected chi connectivity index (χ4v) is 2.54. The lowest BCUT2D eigenvalue weighted by Crippen LogP contribution is -2.41. The molecule has 4 heteroatoms. The van der Waals surface area contributed by atoms with Crippen molar-refractivity contribution in [2.45, 2.75) is 44.7 Å². The Hall–Kier alpha value is -1.16. The fraction of sp³-hybridized carbons (Fsp3) is 0.538. The van der Waals surface area contributed by atoms with Gasteiger partial charge < -0.3 is 10.6 Å². The number of hydrogen-bond acceptors (Lipinski definition) is 2. The summed E-state index contributed by atoms with van der Waals surface area (Å²) in [4.78, 5) is 4.31. The normalized spacial score (nSPS) is 17.7. The van der Waals surface area contributed by atoms with Crippen molar-refractivity contribution in [2.24, 2.45) is 0 Å². The lowest BCUT2D eigenvalue weighted by Gasteiger charge is -2.19. The monoisotopic (exact) mass is 249 g/mol. The van der Waals surface area contributed by atoms with E-state index < -0.39 is 0 Å². The first-order valence-corrected chi connectivity index (χ1v) is 6.64. The molecule has 1 atom stereocenters. The maximum Gasteiger partial charge on any atom is 0.167 e. The van der Waals surface area contributed by atoms with Gasteiger partial charge >= 0.3 is 0 Å². The third kappa shape index (κ3) is 3.66. The van der Waals surface area contributed by atoms with Crippen LogP contribution in [0.5, 0.6) is 0 Å². The number of rotatable bonds is 3. The highest BCUT2D eigenvalue weighted by Gasteiger charge is 2.16. The minimum Gasteiger partial charge on any atom is -0.360 e. The van der Waals surface area contributed by atoms with Gasteiger partial charge in [0, 0.05) is 12.2 Å². The predicted octanol–water partition coefficient (Wildman–Crippen LogP) is 2.55. The molecule has 0 aliphatic heterocycles. The fourth-order valence-electron chi connectivity index (χ4n) is 2.20. The molecular formula is C13H19N3S. The molecule has 2 rings (SSSR count). The van der Waals surface area contributed by atoms with Crippen LogP contribution in [0.2, 0.25) is 0 Å². The maximum absolute atomic E-state index is 5.32. The molecule has 1 aromatic heterocycles. The van der Waals surface area contributed by atoms with Gasteiger partial charge in [0.15, 0.2) is 5.11 Å². The molecule has 0 saturated heterocycles. The van der Waals surface area contributed by atoms with Gasteiger partial charge in [-0.05, 0) is 44.1 Å². The SMILES string of the molecule is CC(NC(=S)NC1CCCC1)c1ccccn1. The molecule has 3 nitrogen and oxygen atoms in total. The van der Waals surface area contributed by atoms with Crippen molar-refractivity contribution in [3.05, 3.63) is 30.1 Å². The van der Waals surface area contributed by atoms with Crippen molar-refractivity contribution in [1.29, 1.82) is 0 Å². The van der Waals surface area contributed by atoms with Crippen molar-refractivity contribution in [3.63, 3.8) is 0 Å². The van der Waals surface area contributed by atoms with Crippen LogP contribution in [0, 0.1) is 0 Å². The highest BCUT2D eigenvalue weighted by molar-refractivity contribution is 7.80. The van der Waals surface area contributed by atoms with Gasteiger partial charge in [0.1, 0.15) is 0 Å². The summed E-state index contributed by atoms with van der Waals surface area (Å²) in [5.41, 5.74) is 1.02. The van der Waals surface area contributed by atoms with Crippen molar-refractivity contribution >= 4 is 17.3 Å². The molecule has 92 valence electrons. The summed E-state index contributed by atoms with van der Waals surface area (Å²) in [6.07, 6.45) is 6.91. The van der Waals surface area contributed by atoms with Crippen molar-refractivity contribution in [2.75, 3.05) is 0 Å². The minimum absolute atomic E-state index is 0.151. The van der Waals surface area contributed by atoms with Gasteiger partial charge in [-0.2, -0.15) is 0 Å². The van der Waals surface area contributed by atoms with E-state index >= 15 is 0 Å².